The fourth-order valence-electron chi connectivity index (χ4n) is 2.75. The topological polar surface area (TPSA) is 12.0 Å². The van der Waals surface area contributed by atoms with E-state index in [1.54, 1.807) is 0 Å². The molecule has 1 atom stereocenters. The van der Waals surface area contributed by atoms with E-state index in [1.165, 1.54) is 24.0 Å². The van der Waals surface area contributed by atoms with E-state index in [1.807, 2.05) is 0 Å². The molecule has 1 saturated carbocycles. The van der Waals surface area contributed by atoms with E-state index in [0.29, 0.717) is 12.1 Å². The predicted octanol–water partition coefficient (Wildman–Crippen LogP) is 3.63. The highest BCUT2D eigenvalue weighted by Gasteiger charge is 2.31. The summed E-state index contributed by atoms with van der Waals surface area (Å²) < 4.78 is 0. The molecule has 0 saturated heterocycles. The number of terminal acetylenes is 1. The highest BCUT2D eigenvalue weighted by molar-refractivity contribution is 5.27. The highest BCUT2D eigenvalue weighted by Crippen LogP contribution is 2.37. The Kier molecular flexibility index (Phi) is 4.44. The molecule has 1 aromatic carbocycles. The zero-order valence-electron chi connectivity index (χ0n) is 11.4. The smallest absolute Gasteiger partial charge is 0.0240 e. The number of benzene rings is 1. The van der Waals surface area contributed by atoms with Crippen molar-refractivity contribution in [3.63, 3.8) is 0 Å². The number of hydrogen-bond acceptors (Lipinski definition) is 1. The molecule has 1 N–H and O–H groups in total. The van der Waals surface area contributed by atoms with Crippen molar-refractivity contribution in [1.29, 1.82) is 0 Å². The summed E-state index contributed by atoms with van der Waals surface area (Å²) in [4.78, 5) is 0. The Morgan fingerprint density at radius 1 is 1.44 bits per heavy atom. The molecule has 1 aliphatic carbocycles. The minimum atomic E-state index is 0.499. The second-order valence-electron chi connectivity index (χ2n) is 5.46. The van der Waals surface area contributed by atoms with Gasteiger partial charge in [-0.15, -0.1) is 12.3 Å². The average Bonchev–Trinajstić information content (AvgIpc) is 2.31. The molecular weight excluding hydrogens is 218 g/mol. The standard InChI is InChI=1S/C17H23N/c1-4-7-16(5-2)18-17-11-15(12-17)14-9-6-8-13(3)10-14/h1,6,8-10,15-18H,5,7,11-12H2,2-3H3. The summed E-state index contributed by atoms with van der Waals surface area (Å²) in [5, 5.41) is 3.68. The third kappa shape index (κ3) is 3.15. The summed E-state index contributed by atoms with van der Waals surface area (Å²) in [5.74, 6) is 3.50. The molecule has 0 radical (unpaired) electrons. The minimum Gasteiger partial charge on any atom is -0.310 e. The summed E-state index contributed by atoms with van der Waals surface area (Å²) in [7, 11) is 0. The maximum atomic E-state index is 5.39. The molecule has 0 spiro atoms. The second-order valence-corrected chi connectivity index (χ2v) is 5.46. The SMILES string of the molecule is C#CCC(CC)NC1CC(c2cccc(C)c2)C1. The van der Waals surface area contributed by atoms with Gasteiger partial charge in [-0.3, -0.25) is 0 Å². The van der Waals surface area contributed by atoms with Crippen molar-refractivity contribution in [3.05, 3.63) is 35.4 Å². The first-order valence-electron chi connectivity index (χ1n) is 6.99. The van der Waals surface area contributed by atoms with Gasteiger partial charge < -0.3 is 5.32 Å². The van der Waals surface area contributed by atoms with Crippen LogP contribution in [-0.4, -0.2) is 12.1 Å². The van der Waals surface area contributed by atoms with Crippen molar-refractivity contribution in [2.75, 3.05) is 0 Å². The molecule has 0 aliphatic heterocycles. The van der Waals surface area contributed by atoms with E-state index in [-0.39, 0.29) is 0 Å². The lowest BCUT2D eigenvalue weighted by Crippen LogP contribution is -2.45. The van der Waals surface area contributed by atoms with E-state index in [2.05, 4.69) is 49.4 Å². The predicted molar refractivity (Wildman–Crippen MR) is 77.6 cm³/mol. The Labute approximate surface area is 111 Å². The molecule has 1 aliphatic rings. The van der Waals surface area contributed by atoms with Crippen molar-refractivity contribution in [3.8, 4) is 12.3 Å². The molecule has 0 aromatic heterocycles. The van der Waals surface area contributed by atoms with Crippen LogP contribution < -0.4 is 5.32 Å². The van der Waals surface area contributed by atoms with Gasteiger partial charge in [0, 0.05) is 18.5 Å². The molecular formula is C17H23N. The summed E-state index contributed by atoms with van der Waals surface area (Å²) in [6.07, 6.45) is 9.86. The molecule has 1 fully saturated rings. The van der Waals surface area contributed by atoms with Gasteiger partial charge in [-0.05, 0) is 37.7 Å². The molecule has 0 amide bonds. The van der Waals surface area contributed by atoms with E-state index in [4.69, 9.17) is 6.42 Å². The summed E-state index contributed by atoms with van der Waals surface area (Å²) in [6.45, 7) is 4.36. The van der Waals surface area contributed by atoms with Gasteiger partial charge in [-0.1, -0.05) is 36.8 Å². The van der Waals surface area contributed by atoms with Crippen LogP contribution in [0.2, 0.25) is 0 Å². The number of aryl methyl sites for hydroxylation is 1. The van der Waals surface area contributed by atoms with E-state index < -0.39 is 0 Å². The number of nitrogens with one attached hydrogen (secondary N) is 1. The fourth-order valence-corrected chi connectivity index (χ4v) is 2.75. The van der Waals surface area contributed by atoms with Gasteiger partial charge in [0.2, 0.25) is 0 Å². The lowest BCUT2D eigenvalue weighted by molar-refractivity contribution is 0.262. The second kappa shape index (κ2) is 6.07. The quantitative estimate of drug-likeness (QED) is 0.776. The van der Waals surface area contributed by atoms with Crippen LogP contribution in [0.4, 0.5) is 0 Å². The number of hydrogen-bond donors (Lipinski definition) is 1. The van der Waals surface area contributed by atoms with Gasteiger partial charge in [0.05, 0.1) is 0 Å². The van der Waals surface area contributed by atoms with Crippen LogP contribution >= 0.6 is 0 Å². The molecule has 18 heavy (non-hydrogen) atoms. The van der Waals surface area contributed by atoms with Crippen LogP contribution in [0.3, 0.4) is 0 Å². The maximum absolute atomic E-state index is 5.39. The van der Waals surface area contributed by atoms with Crippen LogP contribution in [0.5, 0.6) is 0 Å². The minimum absolute atomic E-state index is 0.499. The Bertz CT molecular complexity index is 423. The summed E-state index contributed by atoms with van der Waals surface area (Å²) in [5.41, 5.74) is 2.86. The first kappa shape index (κ1) is 13.2. The van der Waals surface area contributed by atoms with Crippen molar-refractivity contribution in [1.82, 2.24) is 5.32 Å². The molecule has 96 valence electrons. The lowest BCUT2D eigenvalue weighted by atomic mass is 9.75. The fraction of sp³-hybridized carbons (Fsp3) is 0.529. The third-order valence-corrected chi connectivity index (χ3v) is 3.98. The lowest BCUT2D eigenvalue weighted by Gasteiger charge is -2.38. The zero-order valence-corrected chi connectivity index (χ0v) is 11.4. The molecule has 0 bridgehead atoms. The Morgan fingerprint density at radius 3 is 2.83 bits per heavy atom. The Hall–Kier alpha value is -1.26. The van der Waals surface area contributed by atoms with Crippen molar-refractivity contribution >= 4 is 0 Å². The molecule has 2 rings (SSSR count). The Morgan fingerprint density at radius 2 is 2.22 bits per heavy atom. The molecule has 1 nitrogen and oxygen atoms in total. The molecule has 1 unspecified atom stereocenters. The molecule has 0 heterocycles. The largest absolute Gasteiger partial charge is 0.310 e. The normalized spacial score (nSPS) is 24.1. The van der Waals surface area contributed by atoms with Crippen LogP contribution in [0, 0.1) is 19.3 Å². The van der Waals surface area contributed by atoms with Gasteiger partial charge in [0.15, 0.2) is 0 Å². The first-order valence-corrected chi connectivity index (χ1v) is 6.99. The van der Waals surface area contributed by atoms with E-state index >= 15 is 0 Å². The zero-order chi connectivity index (χ0) is 13.0. The van der Waals surface area contributed by atoms with Crippen LogP contribution in [0.15, 0.2) is 24.3 Å². The summed E-state index contributed by atoms with van der Waals surface area (Å²) >= 11 is 0. The van der Waals surface area contributed by atoms with Gasteiger partial charge in [-0.2, -0.15) is 0 Å². The Balaban J connectivity index is 1.82. The molecule has 1 heteroatoms. The maximum Gasteiger partial charge on any atom is 0.0240 e. The first-order chi connectivity index (χ1) is 8.72. The van der Waals surface area contributed by atoms with Gasteiger partial charge >= 0.3 is 0 Å². The van der Waals surface area contributed by atoms with Crippen LogP contribution in [0.1, 0.15) is 49.7 Å². The average molecular weight is 241 g/mol. The van der Waals surface area contributed by atoms with Crippen molar-refractivity contribution in [2.45, 2.75) is 57.5 Å². The van der Waals surface area contributed by atoms with Crippen molar-refractivity contribution < 1.29 is 0 Å². The van der Waals surface area contributed by atoms with Crippen molar-refractivity contribution in [2.24, 2.45) is 0 Å². The van der Waals surface area contributed by atoms with E-state index in [0.717, 1.165) is 18.8 Å². The van der Waals surface area contributed by atoms with E-state index in [9.17, 15) is 0 Å². The summed E-state index contributed by atoms with van der Waals surface area (Å²) in [6, 6.07) is 10.1. The third-order valence-electron chi connectivity index (χ3n) is 3.98. The highest BCUT2D eigenvalue weighted by atomic mass is 15.0. The van der Waals surface area contributed by atoms with Gasteiger partial charge in [0.25, 0.3) is 0 Å². The number of rotatable bonds is 5. The van der Waals surface area contributed by atoms with Crippen LogP contribution in [0.25, 0.3) is 0 Å². The van der Waals surface area contributed by atoms with Crippen LogP contribution in [-0.2, 0) is 0 Å². The monoisotopic (exact) mass is 241 g/mol. The van der Waals surface area contributed by atoms with Gasteiger partial charge in [0.1, 0.15) is 0 Å². The van der Waals surface area contributed by atoms with Gasteiger partial charge in [-0.25, -0.2) is 0 Å². The molecule has 1 aromatic rings.